The Balaban J connectivity index is 1.42. The Labute approximate surface area is 220 Å². The molecule has 0 aromatic heterocycles. The van der Waals surface area contributed by atoms with E-state index >= 15 is 0 Å². The van der Waals surface area contributed by atoms with Gasteiger partial charge in [0.05, 0.1) is 18.9 Å². The smallest absolute Gasteiger partial charge is 0.271 e. The molecular weight excluding hydrogens is 496 g/mol. The highest BCUT2D eigenvalue weighted by Crippen LogP contribution is 2.35. The second-order valence-corrected chi connectivity index (χ2v) is 9.46. The number of aliphatic hydroxyl groups is 3. The predicted octanol–water partition coefficient (Wildman–Crippen LogP) is 2.96. The Morgan fingerprint density at radius 2 is 1.84 bits per heavy atom. The van der Waals surface area contributed by atoms with Gasteiger partial charge in [-0.25, -0.2) is 5.43 Å². The molecule has 4 rings (SSSR count). The van der Waals surface area contributed by atoms with Crippen molar-refractivity contribution in [3.8, 4) is 5.75 Å². The summed E-state index contributed by atoms with van der Waals surface area (Å²) in [6.45, 7) is 2.53. The molecule has 196 valence electrons. The molecular formula is C28H31ClN2O6. The van der Waals surface area contributed by atoms with Crippen LogP contribution in [0.3, 0.4) is 0 Å². The molecule has 1 heterocycles. The zero-order chi connectivity index (χ0) is 26.4. The van der Waals surface area contributed by atoms with Crippen LogP contribution >= 0.6 is 11.6 Å². The van der Waals surface area contributed by atoms with Crippen LogP contribution in [0.4, 0.5) is 0 Å². The van der Waals surface area contributed by atoms with E-state index in [9.17, 15) is 20.1 Å². The number of aliphatic hydroxyl groups excluding tert-OH is 3. The van der Waals surface area contributed by atoms with Crippen molar-refractivity contribution < 1.29 is 29.6 Å². The number of nitrogens with zero attached hydrogens (tertiary/aromatic N) is 1. The van der Waals surface area contributed by atoms with E-state index in [0.29, 0.717) is 30.0 Å². The maximum atomic E-state index is 12.2. The average molecular weight is 527 g/mol. The molecule has 9 heteroatoms. The van der Waals surface area contributed by atoms with E-state index in [1.165, 1.54) is 6.21 Å². The first-order valence-electron chi connectivity index (χ1n) is 12.2. The van der Waals surface area contributed by atoms with Crippen molar-refractivity contribution >= 4 is 23.7 Å². The van der Waals surface area contributed by atoms with Gasteiger partial charge in [0.15, 0.2) is 0 Å². The molecule has 6 atom stereocenters. The largest absolute Gasteiger partial charge is 0.494 e. The zero-order valence-corrected chi connectivity index (χ0v) is 21.2. The van der Waals surface area contributed by atoms with Gasteiger partial charge >= 0.3 is 0 Å². The Morgan fingerprint density at radius 1 is 1.11 bits per heavy atom. The van der Waals surface area contributed by atoms with Crippen LogP contribution in [0, 0.1) is 5.92 Å². The predicted molar refractivity (Wildman–Crippen MR) is 141 cm³/mol. The van der Waals surface area contributed by atoms with Crippen LogP contribution in [0.25, 0.3) is 0 Å². The Bertz CT molecular complexity index is 1150. The van der Waals surface area contributed by atoms with Crippen LogP contribution in [0.2, 0.25) is 0 Å². The fourth-order valence-corrected chi connectivity index (χ4v) is 4.73. The third-order valence-corrected chi connectivity index (χ3v) is 6.89. The molecule has 0 bridgehead atoms. The SMILES string of the molecule is CCOc1ccc(CC2=C(Cl)C=CC([C@@H]3O[C@H](/C=N/NC(=O)c4ccccc4)[C@@H](O)[C@H](O)[C@H]3O)C2)cc1. The summed E-state index contributed by atoms with van der Waals surface area (Å²) >= 11 is 6.50. The number of rotatable bonds is 8. The number of allylic oxidation sites excluding steroid dienone is 3. The van der Waals surface area contributed by atoms with E-state index in [2.05, 4.69) is 10.5 Å². The van der Waals surface area contributed by atoms with Gasteiger partial charge in [0.25, 0.3) is 5.91 Å². The van der Waals surface area contributed by atoms with Gasteiger partial charge in [-0.05, 0) is 61.2 Å². The van der Waals surface area contributed by atoms with Crippen molar-refractivity contribution in [1.82, 2.24) is 5.43 Å². The van der Waals surface area contributed by atoms with Gasteiger partial charge in [0.2, 0.25) is 0 Å². The zero-order valence-electron chi connectivity index (χ0n) is 20.4. The maximum absolute atomic E-state index is 12.2. The Kier molecular flexibility index (Phi) is 9.13. The maximum Gasteiger partial charge on any atom is 0.271 e. The van der Waals surface area contributed by atoms with Crippen LogP contribution < -0.4 is 10.2 Å². The Morgan fingerprint density at radius 3 is 2.54 bits per heavy atom. The minimum absolute atomic E-state index is 0.299. The van der Waals surface area contributed by atoms with Crippen LogP contribution in [-0.2, 0) is 11.2 Å². The number of hydrazone groups is 1. The van der Waals surface area contributed by atoms with Gasteiger partial charge in [0.1, 0.15) is 30.2 Å². The molecule has 1 amide bonds. The number of carbonyl (C=O) groups is 1. The summed E-state index contributed by atoms with van der Waals surface area (Å²) in [6.07, 6.45) is -0.105. The van der Waals surface area contributed by atoms with Crippen molar-refractivity contribution in [3.63, 3.8) is 0 Å². The fourth-order valence-electron chi connectivity index (χ4n) is 4.51. The summed E-state index contributed by atoms with van der Waals surface area (Å²) in [5, 5.41) is 36.2. The number of carbonyl (C=O) groups excluding carboxylic acids is 1. The van der Waals surface area contributed by atoms with E-state index in [4.69, 9.17) is 21.1 Å². The number of ether oxygens (including phenoxy) is 2. The molecule has 1 aliphatic carbocycles. The van der Waals surface area contributed by atoms with Gasteiger partial charge in [-0.1, -0.05) is 48.0 Å². The van der Waals surface area contributed by atoms with E-state index < -0.39 is 36.4 Å². The van der Waals surface area contributed by atoms with Crippen molar-refractivity contribution in [2.24, 2.45) is 11.0 Å². The van der Waals surface area contributed by atoms with Crippen LogP contribution in [0.15, 0.2) is 82.5 Å². The normalized spacial score (nSPS) is 27.9. The summed E-state index contributed by atoms with van der Waals surface area (Å²) in [5.74, 6) is 0.0760. The summed E-state index contributed by atoms with van der Waals surface area (Å²) in [4.78, 5) is 12.2. The highest BCUT2D eigenvalue weighted by molar-refractivity contribution is 6.31. The van der Waals surface area contributed by atoms with Crippen LogP contribution in [0.5, 0.6) is 5.75 Å². The highest BCUT2D eigenvalue weighted by atomic mass is 35.5. The minimum Gasteiger partial charge on any atom is -0.494 e. The second-order valence-electron chi connectivity index (χ2n) is 9.05. The monoisotopic (exact) mass is 526 g/mol. The molecule has 0 saturated carbocycles. The molecule has 37 heavy (non-hydrogen) atoms. The van der Waals surface area contributed by atoms with Crippen LogP contribution in [-0.4, -0.2) is 64.6 Å². The number of nitrogens with one attached hydrogen (secondary N) is 1. The third kappa shape index (κ3) is 6.66. The van der Waals surface area contributed by atoms with Crippen molar-refractivity contribution in [2.45, 2.75) is 50.3 Å². The van der Waals surface area contributed by atoms with Gasteiger partial charge in [-0.15, -0.1) is 0 Å². The Hall–Kier alpha value is -3.01. The van der Waals surface area contributed by atoms with E-state index in [1.54, 1.807) is 36.4 Å². The highest BCUT2D eigenvalue weighted by Gasteiger charge is 2.46. The molecule has 2 aromatic rings. The first kappa shape index (κ1) is 27.0. The van der Waals surface area contributed by atoms with E-state index in [-0.39, 0.29) is 5.92 Å². The first-order chi connectivity index (χ1) is 17.9. The molecule has 8 nitrogen and oxygen atoms in total. The number of hydrogen-bond acceptors (Lipinski definition) is 7. The summed E-state index contributed by atoms with van der Waals surface area (Å²) in [7, 11) is 0. The topological polar surface area (TPSA) is 121 Å². The number of hydrogen-bond donors (Lipinski definition) is 4. The quantitative estimate of drug-likeness (QED) is 0.310. The molecule has 4 N–H and O–H groups in total. The van der Waals surface area contributed by atoms with E-state index in [1.807, 2.05) is 37.3 Å². The average Bonchev–Trinajstić information content (AvgIpc) is 2.91. The second kappa shape index (κ2) is 12.5. The first-order valence-corrected chi connectivity index (χ1v) is 12.6. The molecule has 2 aromatic carbocycles. The molecule has 1 aliphatic heterocycles. The van der Waals surface area contributed by atoms with Crippen molar-refractivity contribution in [1.29, 1.82) is 0 Å². The molecule has 0 spiro atoms. The minimum atomic E-state index is -1.45. The summed E-state index contributed by atoms with van der Waals surface area (Å²) in [5.41, 5.74) is 4.84. The van der Waals surface area contributed by atoms with Gasteiger partial charge < -0.3 is 24.8 Å². The van der Waals surface area contributed by atoms with Gasteiger partial charge in [-0.2, -0.15) is 5.10 Å². The molecule has 0 radical (unpaired) electrons. The van der Waals surface area contributed by atoms with E-state index in [0.717, 1.165) is 16.9 Å². The van der Waals surface area contributed by atoms with Gasteiger partial charge in [0, 0.05) is 16.5 Å². The lowest BCUT2D eigenvalue weighted by Gasteiger charge is -2.42. The third-order valence-electron chi connectivity index (χ3n) is 6.49. The number of benzene rings is 2. The van der Waals surface area contributed by atoms with Crippen molar-refractivity contribution in [2.75, 3.05) is 6.61 Å². The van der Waals surface area contributed by atoms with Crippen LogP contribution in [0.1, 0.15) is 29.3 Å². The lowest BCUT2D eigenvalue weighted by molar-refractivity contribution is -0.211. The van der Waals surface area contributed by atoms with Gasteiger partial charge in [-0.3, -0.25) is 4.79 Å². The number of amides is 1. The molecule has 1 saturated heterocycles. The lowest BCUT2D eigenvalue weighted by atomic mass is 9.81. The fraction of sp³-hybridized carbons (Fsp3) is 0.357. The van der Waals surface area contributed by atoms with Crippen molar-refractivity contribution in [3.05, 3.63) is 88.5 Å². The molecule has 2 aliphatic rings. The summed E-state index contributed by atoms with van der Waals surface area (Å²) < 4.78 is 11.5. The lowest BCUT2D eigenvalue weighted by Crippen LogP contribution is -2.59. The summed E-state index contributed by atoms with van der Waals surface area (Å²) in [6, 6.07) is 16.3. The standard InChI is InChI=1S/C28H31ClN2O6/c1-2-36-21-11-8-17(9-12-21)14-20-15-19(10-13-22(20)29)27-26(34)25(33)24(32)23(37-27)16-30-31-28(35)18-6-4-3-5-7-18/h3-13,16,19,23-27,32-34H,2,14-15H2,1H3,(H,31,35)/b30-16+/t19?,23-,24-,25+,26-,27+/m1/s1. The molecule has 1 fully saturated rings. The molecule has 1 unspecified atom stereocenters. The number of halogens is 1.